The number of hydrogen-bond acceptors (Lipinski definition) is 2. The summed E-state index contributed by atoms with van der Waals surface area (Å²) in [6.07, 6.45) is 0. The number of halogens is 3. The number of nitrogens with two attached hydrogens (primary N) is 1. The predicted molar refractivity (Wildman–Crippen MR) is 79.5 cm³/mol. The lowest BCUT2D eigenvalue weighted by atomic mass is 9.97. The fraction of sp³-hybridized carbons (Fsp3) is 0.143. The first-order valence-electron chi connectivity index (χ1n) is 5.70. The lowest BCUT2D eigenvalue weighted by Crippen LogP contribution is -2.29. The summed E-state index contributed by atoms with van der Waals surface area (Å²) in [6, 6.07) is 9.82. The van der Waals surface area contributed by atoms with Crippen molar-refractivity contribution in [3.8, 4) is 0 Å². The van der Waals surface area contributed by atoms with Gasteiger partial charge in [0.25, 0.3) is 0 Å². The smallest absolute Gasteiger partial charge is 0.128 e. The summed E-state index contributed by atoms with van der Waals surface area (Å²) in [6.45, 7) is 1.90. The zero-order valence-electron chi connectivity index (χ0n) is 10.3. The first-order valence-corrected chi connectivity index (χ1v) is 6.87. The third kappa shape index (κ3) is 3.15. The standard InChI is InChI=1S/C14H13BrClFN2/c1-8-2-5-13(17)11(6-8)14(19-18)10-7-9(15)3-4-12(10)16/h2-7,14,19H,18H2,1H3. The van der Waals surface area contributed by atoms with Crippen molar-refractivity contribution < 1.29 is 4.39 Å². The molecule has 3 N–H and O–H groups in total. The number of hydrogen-bond donors (Lipinski definition) is 2. The van der Waals surface area contributed by atoms with Crippen molar-refractivity contribution in [2.24, 2.45) is 5.84 Å². The van der Waals surface area contributed by atoms with E-state index in [9.17, 15) is 4.39 Å². The molecule has 1 atom stereocenters. The van der Waals surface area contributed by atoms with Crippen LogP contribution in [-0.2, 0) is 0 Å². The van der Waals surface area contributed by atoms with E-state index < -0.39 is 6.04 Å². The van der Waals surface area contributed by atoms with E-state index >= 15 is 0 Å². The molecule has 0 aliphatic rings. The Kier molecular flexibility index (Phi) is 4.58. The molecular weight excluding hydrogens is 331 g/mol. The van der Waals surface area contributed by atoms with Crippen LogP contribution in [0.1, 0.15) is 22.7 Å². The maximum absolute atomic E-state index is 14.0. The molecule has 0 saturated carbocycles. The topological polar surface area (TPSA) is 38.0 Å². The summed E-state index contributed by atoms with van der Waals surface area (Å²) < 4.78 is 14.8. The highest BCUT2D eigenvalue weighted by Gasteiger charge is 2.19. The van der Waals surface area contributed by atoms with Gasteiger partial charge in [-0.05, 0) is 36.8 Å². The van der Waals surface area contributed by atoms with Crippen LogP contribution in [0.15, 0.2) is 40.9 Å². The largest absolute Gasteiger partial charge is 0.271 e. The third-order valence-electron chi connectivity index (χ3n) is 2.90. The summed E-state index contributed by atoms with van der Waals surface area (Å²) in [5, 5.41) is 0.534. The van der Waals surface area contributed by atoms with Crippen LogP contribution in [0.4, 0.5) is 4.39 Å². The Labute approximate surface area is 124 Å². The average Bonchev–Trinajstić information content (AvgIpc) is 2.38. The molecular formula is C14H13BrClFN2. The molecule has 19 heavy (non-hydrogen) atoms. The van der Waals surface area contributed by atoms with Gasteiger partial charge in [-0.25, -0.2) is 9.82 Å². The number of nitrogens with one attached hydrogen (secondary N) is 1. The zero-order chi connectivity index (χ0) is 14.0. The van der Waals surface area contributed by atoms with Gasteiger partial charge in [-0.3, -0.25) is 5.84 Å². The Balaban J connectivity index is 2.55. The Morgan fingerprint density at radius 3 is 2.63 bits per heavy atom. The highest BCUT2D eigenvalue weighted by molar-refractivity contribution is 9.10. The molecule has 2 aromatic carbocycles. The summed E-state index contributed by atoms with van der Waals surface area (Å²) in [5.41, 5.74) is 4.79. The second kappa shape index (κ2) is 6.01. The molecule has 0 saturated heterocycles. The normalized spacial score (nSPS) is 12.5. The molecule has 5 heteroatoms. The third-order valence-corrected chi connectivity index (χ3v) is 3.74. The molecule has 2 rings (SSSR count). The summed E-state index contributed by atoms with van der Waals surface area (Å²) >= 11 is 9.55. The van der Waals surface area contributed by atoms with E-state index in [2.05, 4.69) is 21.4 Å². The molecule has 1 unspecified atom stereocenters. The van der Waals surface area contributed by atoms with E-state index in [0.29, 0.717) is 10.6 Å². The Bertz CT molecular complexity index is 552. The van der Waals surface area contributed by atoms with Crippen LogP contribution in [0.2, 0.25) is 5.02 Å². The van der Waals surface area contributed by atoms with Crippen LogP contribution < -0.4 is 11.3 Å². The minimum atomic E-state index is -0.495. The SMILES string of the molecule is Cc1ccc(F)c(C(NN)c2cc(Br)ccc2Cl)c1. The molecule has 100 valence electrons. The number of hydrazine groups is 1. The average molecular weight is 344 g/mol. The van der Waals surface area contributed by atoms with Gasteiger partial charge in [0.05, 0.1) is 6.04 Å². The minimum absolute atomic E-state index is 0.315. The van der Waals surface area contributed by atoms with Gasteiger partial charge in [0.15, 0.2) is 0 Å². The van der Waals surface area contributed by atoms with Crippen LogP contribution >= 0.6 is 27.5 Å². The molecule has 2 nitrogen and oxygen atoms in total. The quantitative estimate of drug-likeness (QED) is 0.650. The molecule has 0 bridgehead atoms. The maximum atomic E-state index is 14.0. The molecule has 0 radical (unpaired) electrons. The maximum Gasteiger partial charge on any atom is 0.128 e. The molecule has 0 aliphatic heterocycles. The Morgan fingerprint density at radius 1 is 1.21 bits per heavy atom. The number of benzene rings is 2. The fourth-order valence-corrected chi connectivity index (χ4v) is 2.57. The van der Waals surface area contributed by atoms with Gasteiger partial charge >= 0.3 is 0 Å². The van der Waals surface area contributed by atoms with Crippen molar-refractivity contribution in [1.82, 2.24) is 5.43 Å². The van der Waals surface area contributed by atoms with Gasteiger partial charge in [-0.15, -0.1) is 0 Å². The van der Waals surface area contributed by atoms with Gasteiger partial charge in [-0.1, -0.05) is 45.2 Å². The van der Waals surface area contributed by atoms with Gasteiger partial charge in [-0.2, -0.15) is 0 Å². The number of rotatable bonds is 3. The minimum Gasteiger partial charge on any atom is -0.271 e. The highest BCUT2D eigenvalue weighted by atomic mass is 79.9. The lowest BCUT2D eigenvalue weighted by Gasteiger charge is -2.19. The zero-order valence-corrected chi connectivity index (χ0v) is 12.6. The number of aryl methyl sites for hydroxylation is 1. The van der Waals surface area contributed by atoms with Crippen molar-refractivity contribution in [3.63, 3.8) is 0 Å². The van der Waals surface area contributed by atoms with E-state index in [1.54, 1.807) is 18.2 Å². The first-order chi connectivity index (χ1) is 9.02. The van der Waals surface area contributed by atoms with Gasteiger partial charge in [0.1, 0.15) is 5.82 Å². The van der Waals surface area contributed by atoms with E-state index in [0.717, 1.165) is 15.6 Å². The van der Waals surface area contributed by atoms with E-state index in [1.807, 2.05) is 19.1 Å². The molecule has 0 fully saturated rings. The lowest BCUT2D eigenvalue weighted by molar-refractivity contribution is 0.559. The second-order valence-corrected chi connectivity index (χ2v) is 5.61. The highest BCUT2D eigenvalue weighted by Crippen LogP contribution is 2.31. The second-order valence-electron chi connectivity index (χ2n) is 4.29. The van der Waals surface area contributed by atoms with E-state index in [1.165, 1.54) is 6.07 Å². The molecule has 0 heterocycles. The molecule has 0 amide bonds. The van der Waals surface area contributed by atoms with Gasteiger partial charge < -0.3 is 0 Å². The van der Waals surface area contributed by atoms with Crippen molar-refractivity contribution in [2.75, 3.05) is 0 Å². The Morgan fingerprint density at radius 2 is 1.95 bits per heavy atom. The van der Waals surface area contributed by atoms with E-state index in [-0.39, 0.29) is 5.82 Å². The van der Waals surface area contributed by atoms with Crippen molar-refractivity contribution in [1.29, 1.82) is 0 Å². The Hall–Kier alpha value is -0.940. The van der Waals surface area contributed by atoms with Crippen LogP contribution in [0, 0.1) is 12.7 Å². The van der Waals surface area contributed by atoms with Crippen molar-refractivity contribution in [3.05, 3.63) is 68.4 Å². The van der Waals surface area contributed by atoms with Crippen molar-refractivity contribution >= 4 is 27.5 Å². The van der Waals surface area contributed by atoms with Crippen molar-refractivity contribution in [2.45, 2.75) is 13.0 Å². The molecule has 0 aromatic heterocycles. The van der Waals surface area contributed by atoms with Crippen LogP contribution in [0.5, 0.6) is 0 Å². The monoisotopic (exact) mass is 342 g/mol. The molecule has 0 aliphatic carbocycles. The van der Waals surface area contributed by atoms with Gasteiger partial charge in [0, 0.05) is 15.1 Å². The van der Waals surface area contributed by atoms with Crippen LogP contribution in [-0.4, -0.2) is 0 Å². The fourth-order valence-electron chi connectivity index (χ4n) is 1.97. The van der Waals surface area contributed by atoms with Crippen LogP contribution in [0.25, 0.3) is 0 Å². The van der Waals surface area contributed by atoms with E-state index in [4.69, 9.17) is 17.4 Å². The molecule has 2 aromatic rings. The van der Waals surface area contributed by atoms with Gasteiger partial charge in [0.2, 0.25) is 0 Å². The summed E-state index contributed by atoms with van der Waals surface area (Å²) in [5.74, 6) is 5.27. The molecule has 0 spiro atoms. The predicted octanol–water partition coefficient (Wildman–Crippen LogP) is 4.10. The van der Waals surface area contributed by atoms with Crippen LogP contribution in [0.3, 0.4) is 0 Å². The summed E-state index contributed by atoms with van der Waals surface area (Å²) in [4.78, 5) is 0. The summed E-state index contributed by atoms with van der Waals surface area (Å²) in [7, 11) is 0. The first kappa shape index (κ1) is 14.5.